The normalized spacial score (nSPS) is 18.8. The van der Waals surface area contributed by atoms with Crippen LogP contribution >= 0.6 is 15.9 Å². The van der Waals surface area contributed by atoms with Crippen molar-refractivity contribution in [1.29, 1.82) is 0 Å². The third-order valence-electron chi connectivity index (χ3n) is 3.27. The van der Waals surface area contributed by atoms with E-state index in [0.29, 0.717) is 24.5 Å². The molecule has 0 unspecified atom stereocenters. The topological polar surface area (TPSA) is 55.2 Å². The molecular weight excluding hydrogens is 318 g/mol. The van der Waals surface area contributed by atoms with Crippen LogP contribution in [0, 0.1) is 13.8 Å². The van der Waals surface area contributed by atoms with E-state index < -0.39 is 10.2 Å². The zero-order valence-corrected chi connectivity index (χ0v) is 13.1. The summed E-state index contributed by atoms with van der Waals surface area (Å²) < 4.78 is 28.5. The van der Waals surface area contributed by atoms with Crippen LogP contribution < -0.4 is 0 Å². The number of hydrogen-bond acceptors (Lipinski definition) is 3. The van der Waals surface area contributed by atoms with Gasteiger partial charge in [0.05, 0.1) is 15.9 Å². The highest BCUT2D eigenvalue weighted by Gasteiger charge is 2.28. The Balaban J connectivity index is 2.37. The third kappa shape index (κ3) is 2.48. The number of aromatic nitrogens is 2. The first kappa shape index (κ1) is 14.0. The highest BCUT2D eigenvalue weighted by Crippen LogP contribution is 2.23. The van der Waals surface area contributed by atoms with E-state index in [1.807, 2.05) is 0 Å². The fourth-order valence-electron chi connectivity index (χ4n) is 2.21. The maximum absolute atomic E-state index is 12.5. The van der Waals surface area contributed by atoms with Crippen molar-refractivity contribution in [3.63, 3.8) is 0 Å². The summed E-state index contributed by atoms with van der Waals surface area (Å²) in [5.74, 6) is 0. The van der Waals surface area contributed by atoms with E-state index in [1.165, 1.54) is 0 Å². The summed E-state index contributed by atoms with van der Waals surface area (Å²) in [4.78, 5) is 0. The van der Waals surface area contributed by atoms with Crippen LogP contribution in [0.15, 0.2) is 4.47 Å². The smallest absolute Gasteiger partial charge is 0.187 e. The largest absolute Gasteiger partial charge is 0.323 e. The van der Waals surface area contributed by atoms with Gasteiger partial charge in [0, 0.05) is 13.1 Å². The van der Waals surface area contributed by atoms with Crippen LogP contribution in [0.2, 0.25) is 0 Å². The molecule has 2 heterocycles. The zero-order valence-electron chi connectivity index (χ0n) is 10.7. The van der Waals surface area contributed by atoms with Crippen molar-refractivity contribution in [2.45, 2.75) is 39.5 Å². The van der Waals surface area contributed by atoms with E-state index in [9.17, 15) is 8.42 Å². The minimum Gasteiger partial charge on any atom is -0.187 e. The highest BCUT2D eigenvalue weighted by atomic mass is 79.9. The average Bonchev–Trinajstić information content (AvgIpc) is 2.57. The lowest BCUT2D eigenvalue weighted by Gasteiger charge is -2.20. The minimum absolute atomic E-state index is 0.596. The SMILES string of the molecule is Cc1nn(S(=O)(=O)N2CCCCCC2)c(C)c1Br. The molecule has 0 saturated carbocycles. The Hall–Kier alpha value is -0.400. The fraction of sp³-hybridized carbons (Fsp3) is 0.727. The summed E-state index contributed by atoms with van der Waals surface area (Å²) in [6, 6.07) is 0. The summed E-state index contributed by atoms with van der Waals surface area (Å²) >= 11 is 3.37. The van der Waals surface area contributed by atoms with Crippen molar-refractivity contribution in [1.82, 2.24) is 13.5 Å². The second kappa shape index (κ2) is 5.30. The molecule has 0 radical (unpaired) electrons. The maximum Gasteiger partial charge on any atom is 0.323 e. The van der Waals surface area contributed by atoms with Crippen molar-refractivity contribution < 1.29 is 8.42 Å². The number of rotatable bonds is 2. The molecule has 0 bridgehead atoms. The molecule has 1 aromatic heterocycles. The van der Waals surface area contributed by atoms with E-state index in [1.54, 1.807) is 18.2 Å². The molecule has 0 spiro atoms. The molecule has 5 nitrogen and oxygen atoms in total. The molecule has 7 heteroatoms. The third-order valence-corrected chi connectivity index (χ3v) is 6.23. The van der Waals surface area contributed by atoms with E-state index in [-0.39, 0.29) is 0 Å². The molecule has 0 amide bonds. The van der Waals surface area contributed by atoms with Crippen LogP contribution in [0.3, 0.4) is 0 Å². The average molecular weight is 336 g/mol. The monoisotopic (exact) mass is 335 g/mol. The van der Waals surface area contributed by atoms with Crippen molar-refractivity contribution in [3.05, 3.63) is 15.9 Å². The van der Waals surface area contributed by atoms with Crippen LogP contribution in [0.1, 0.15) is 37.1 Å². The Morgan fingerprint density at radius 2 is 1.67 bits per heavy atom. The highest BCUT2D eigenvalue weighted by molar-refractivity contribution is 9.10. The second-order valence-electron chi connectivity index (χ2n) is 4.65. The molecule has 0 aromatic carbocycles. The molecule has 2 rings (SSSR count). The van der Waals surface area contributed by atoms with E-state index >= 15 is 0 Å². The predicted octanol–water partition coefficient (Wildman–Crippen LogP) is 2.23. The number of hydrogen-bond donors (Lipinski definition) is 0. The van der Waals surface area contributed by atoms with Gasteiger partial charge in [0.2, 0.25) is 0 Å². The standard InChI is InChI=1S/C11H18BrN3O2S/c1-9-11(12)10(2)15(13-9)18(16,17)14-7-5-3-4-6-8-14/h3-8H2,1-2H3. The molecule has 0 N–H and O–H groups in total. The Morgan fingerprint density at radius 3 is 2.11 bits per heavy atom. The summed E-state index contributed by atoms with van der Waals surface area (Å²) in [6.45, 7) is 4.75. The van der Waals surface area contributed by atoms with Gasteiger partial charge in [-0.2, -0.15) is 17.8 Å². The first-order chi connectivity index (χ1) is 8.44. The molecule has 1 aliphatic rings. The Bertz CT molecular complexity index is 531. The summed E-state index contributed by atoms with van der Waals surface area (Å²) in [6.07, 6.45) is 4.07. The Morgan fingerprint density at radius 1 is 1.11 bits per heavy atom. The van der Waals surface area contributed by atoms with Gasteiger partial charge in [-0.1, -0.05) is 12.8 Å². The van der Waals surface area contributed by atoms with Gasteiger partial charge in [-0.15, -0.1) is 4.09 Å². The van der Waals surface area contributed by atoms with E-state index in [0.717, 1.165) is 34.2 Å². The van der Waals surface area contributed by atoms with Crippen LogP contribution in [-0.2, 0) is 10.2 Å². The minimum atomic E-state index is -3.51. The molecule has 1 aliphatic heterocycles. The van der Waals surface area contributed by atoms with Crippen molar-refractivity contribution in [2.24, 2.45) is 0 Å². The molecular formula is C11H18BrN3O2S. The van der Waals surface area contributed by atoms with Crippen molar-refractivity contribution >= 4 is 26.1 Å². The lowest BCUT2D eigenvalue weighted by Crippen LogP contribution is -2.37. The summed E-state index contributed by atoms with van der Waals surface area (Å²) in [5, 5.41) is 4.13. The molecule has 18 heavy (non-hydrogen) atoms. The molecule has 1 aromatic rings. The zero-order chi connectivity index (χ0) is 13.3. The van der Waals surface area contributed by atoms with Crippen LogP contribution in [0.25, 0.3) is 0 Å². The van der Waals surface area contributed by atoms with Gasteiger partial charge in [-0.3, -0.25) is 0 Å². The first-order valence-corrected chi connectivity index (χ1v) is 8.36. The maximum atomic E-state index is 12.5. The van der Waals surface area contributed by atoms with Gasteiger partial charge in [-0.25, -0.2) is 0 Å². The second-order valence-corrected chi connectivity index (χ2v) is 7.20. The van der Waals surface area contributed by atoms with Gasteiger partial charge in [-0.05, 0) is 42.6 Å². The fourth-order valence-corrected chi connectivity index (χ4v) is 4.17. The predicted molar refractivity (Wildman–Crippen MR) is 73.8 cm³/mol. The quantitative estimate of drug-likeness (QED) is 0.832. The van der Waals surface area contributed by atoms with E-state index in [2.05, 4.69) is 21.0 Å². The summed E-state index contributed by atoms with van der Waals surface area (Å²) in [5.41, 5.74) is 1.34. The van der Waals surface area contributed by atoms with Crippen LogP contribution in [-0.4, -0.2) is 35.0 Å². The number of aryl methyl sites for hydroxylation is 1. The van der Waals surface area contributed by atoms with Gasteiger partial charge >= 0.3 is 10.2 Å². The van der Waals surface area contributed by atoms with Gasteiger partial charge < -0.3 is 0 Å². The lowest BCUT2D eigenvalue weighted by atomic mass is 10.2. The first-order valence-electron chi connectivity index (χ1n) is 6.17. The molecule has 0 aliphatic carbocycles. The van der Waals surface area contributed by atoms with Crippen LogP contribution in [0.5, 0.6) is 0 Å². The summed E-state index contributed by atoms with van der Waals surface area (Å²) in [7, 11) is -3.51. The van der Waals surface area contributed by atoms with Gasteiger partial charge in [0.1, 0.15) is 0 Å². The molecule has 1 saturated heterocycles. The van der Waals surface area contributed by atoms with Crippen LogP contribution in [0.4, 0.5) is 0 Å². The molecule has 1 fully saturated rings. The number of nitrogens with zero attached hydrogens (tertiary/aromatic N) is 3. The number of halogens is 1. The van der Waals surface area contributed by atoms with Crippen molar-refractivity contribution in [2.75, 3.05) is 13.1 Å². The molecule has 0 atom stereocenters. The van der Waals surface area contributed by atoms with Crippen molar-refractivity contribution in [3.8, 4) is 0 Å². The Labute approximate surface area is 116 Å². The lowest BCUT2D eigenvalue weighted by molar-refractivity contribution is 0.412. The Kier molecular flexibility index (Phi) is 4.13. The van der Waals surface area contributed by atoms with Gasteiger partial charge in [0.15, 0.2) is 0 Å². The molecule has 102 valence electrons. The van der Waals surface area contributed by atoms with Gasteiger partial charge in [0.25, 0.3) is 0 Å². The van der Waals surface area contributed by atoms with E-state index in [4.69, 9.17) is 0 Å².